The number of H-pyrrole nitrogens is 2. The zero-order valence-corrected chi connectivity index (χ0v) is 65.5. The van der Waals surface area contributed by atoms with Crippen molar-refractivity contribution in [2.45, 2.75) is 87.4 Å². The molecule has 1 saturated heterocycles. The van der Waals surface area contributed by atoms with Crippen LogP contribution in [0, 0.1) is 48.5 Å². The molecule has 3 aliphatic heterocycles. The summed E-state index contributed by atoms with van der Waals surface area (Å²) in [5.74, 6) is 6.11. The Hall–Kier alpha value is -6.16. The molecule has 0 aliphatic carbocycles. The average molecular weight is 1580 g/mol. The molecule has 97 heavy (non-hydrogen) atoms. The van der Waals surface area contributed by atoms with Crippen LogP contribution in [-0.4, -0.2) is 118 Å². The predicted octanol–water partition coefficient (Wildman–Crippen LogP) is 10.7. The lowest BCUT2D eigenvalue weighted by atomic mass is 9.77. The zero-order chi connectivity index (χ0) is 69.9. The fraction of sp³-hybridized carbons (Fsp3) is 0.333. The van der Waals surface area contributed by atoms with Crippen LogP contribution in [0.5, 0.6) is 34.5 Å². The molecule has 512 valence electrons. The van der Waals surface area contributed by atoms with Gasteiger partial charge in [-0.25, -0.2) is 24.7 Å². The highest BCUT2D eigenvalue weighted by molar-refractivity contribution is 8.75. The monoisotopic (exact) mass is 1580 g/mol. The molecule has 0 spiro atoms. The van der Waals surface area contributed by atoms with Crippen molar-refractivity contribution in [3.63, 3.8) is 0 Å². The molecule has 0 radical (unpaired) electrons. The van der Waals surface area contributed by atoms with Gasteiger partial charge in [0.1, 0.15) is 83.1 Å². The SMILES string of the molecule is COC(=O)c1ccc(B2OC(C)(C)C(C)(C)O2)c2c1OCCO2.COc1cc2c(cc1-c1c(C)noc1C)[nH]c1nc(C)nc(-c3ccc(C)c4c3OCCO4)c12.COc1cc2c(cc1-c1c(C)noc1C)[nH]c1nc(C)nc(Cl)c12.O=C=O.S=S=S=S=S=S=S=S=S=S=S=S=S. The highest BCUT2D eigenvalue weighted by Crippen LogP contribution is 2.47. The smallest absolute Gasteiger partial charge is 0.496 e. The summed E-state index contributed by atoms with van der Waals surface area (Å²) in [5.41, 5.74) is 11.4. The number of rotatable bonds is 7. The van der Waals surface area contributed by atoms with Crippen molar-refractivity contribution in [3.05, 3.63) is 99.4 Å². The number of esters is 1. The molecule has 4 aromatic carbocycles. The third-order valence-corrected chi connectivity index (χ3v) is 37.9. The summed E-state index contributed by atoms with van der Waals surface area (Å²) < 4.78 is 62.4. The normalized spacial score (nSPS) is 13.5. The second-order valence-electron chi connectivity index (χ2n) is 21.7. The van der Waals surface area contributed by atoms with Crippen LogP contribution in [-0.2, 0) is 144 Å². The van der Waals surface area contributed by atoms with Crippen molar-refractivity contribution in [1.82, 2.24) is 40.2 Å². The highest BCUT2D eigenvalue weighted by atomic mass is 35.5. The number of aromatic amines is 2. The van der Waals surface area contributed by atoms with Crippen LogP contribution in [0.15, 0.2) is 57.6 Å². The van der Waals surface area contributed by atoms with Gasteiger partial charge in [-0.05, 0) is 118 Å². The summed E-state index contributed by atoms with van der Waals surface area (Å²) >= 11 is 15.7. The van der Waals surface area contributed by atoms with E-state index in [1.165, 1.54) is 24.9 Å². The van der Waals surface area contributed by atoms with E-state index in [1.54, 1.807) is 106 Å². The maximum Gasteiger partial charge on any atom is 0.498 e. The molecule has 6 aromatic heterocycles. The van der Waals surface area contributed by atoms with Gasteiger partial charge in [0.05, 0.1) is 71.5 Å². The van der Waals surface area contributed by atoms with Gasteiger partial charge in [-0.15, -0.1) is 0 Å². The van der Waals surface area contributed by atoms with Crippen molar-refractivity contribution in [2.24, 2.45) is 0 Å². The first-order chi connectivity index (χ1) is 46.5. The van der Waals surface area contributed by atoms with Crippen molar-refractivity contribution in [2.75, 3.05) is 47.8 Å². The van der Waals surface area contributed by atoms with E-state index in [-0.39, 0.29) is 6.15 Å². The number of nitrogens with zero attached hydrogens (tertiary/aromatic N) is 6. The molecule has 37 heteroatoms. The number of aromatic nitrogens is 8. The minimum atomic E-state index is -0.581. The van der Waals surface area contributed by atoms with E-state index in [0.29, 0.717) is 71.4 Å². The average Bonchev–Trinajstić information content (AvgIpc) is 1.65. The van der Waals surface area contributed by atoms with Crippen LogP contribution in [0.3, 0.4) is 0 Å². The Bertz CT molecular complexity index is 5200. The van der Waals surface area contributed by atoms with Crippen molar-refractivity contribution < 1.29 is 65.9 Å². The molecule has 9 heterocycles. The van der Waals surface area contributed by atoms with Crippen LogP contribution >= 0.6 is 11.6 Å². The minimum absolute atomic E-state index is 0.250. The van der Waals surface area contributed by atoms with Crippen molar-refractivity contribution in [1.29, 1.82) is 0 Å². The molecule has 1 fully saturated rings. The molecule has 0 unspecified atom stereocenters. The number of hydrogen-bond acceptors (Lipinski definition) is 22. The molecular formula is C60H60BClN8O14S13. The Morgan fingerprint density at radius 3 is 1.51 bits per heavy atom. The second kappa shape index (κ2) is 33.8. The van der Waals surface area contributed by atoms with Gasteiger partial charge in [0.2, 0.25) is 0 Å². The van der Waals surface area contributed by atoms with E-state index in [9.17, 15) is 4.79 Å². The van der Waals surface area contributed by atoms with Crippen LogP contribution in [0.25, 0.3) is 77.4 Å². The molecule has 0 atom stereocenters. The number of hydrogen-bond donors (Lipinski definition) is 2. The predicted molar refractivity (Wildman–Crippen MR) is 407 cm³/mol. The highest BCUT2D eigenvalue weighted by Gasteiger charge is 2.53. The Labute approximate surface area is 603 Å². The van der Waals surface area contributed by atoms with Crippen molar-refractivity contribution in [3.8, 4) is 68.0 Å². The quantitative estimate of drug-likeness (QED) is 0.0853. The largest absolute Gasteiger partial charge is 0.498 e. The number of carbonyl (C=O) groups is 1. The maximum absolute atomic E-state index is 11.9. The van der Waals surface area contributed by atoms with Gasteiger partial charge in [0.15, 0.2) is 23.0 Å². The maximum atomic E-state index is 11.9. The standard InChI is InChI=1S/C26H24N4O4.C17H15ClN4O2.C16H21BO6.CO2.S13/c1-12-6-7-16(25-24(12)32-8-9-33-25)23-22-17-11-20(31-5)18(21-13(2)30-34-14(21)3)10-19(17)29-26(22)28-15(4)27-23;1-7-14(8(2)24-22-7)11-5-12-10(6-13(11)23-4)15-16(18)19-9(3)20-17(15)21-12;1-15(2)16(3,4)23-17(22-15)11-7-6-10(14(18)19-5)12-13(11)21-9-8-20-12;2-1-3;1-3-5-7-9-11-13-12-10-8-6-4-2/h6-7,10-11H,8-9H2,1-5H3,(H,27,28,29);5-6H,1-4H3,(H,19,20,21);6-7H,8-9H2,1-5H3;;. The second-order valence-corrected chi connectivity index (χ2v) is 41.5. The Morgan fingerprint density at radius 2 is 1.03 bits per heavy atom. The van der Waals surface area contributed by atoms with Crippen LogP contribution < -0.4 is 33.9 Å². The number of halogens is 1. The summed E-state index contributed by atoms with van der Waals surface area (Å²) in [6.07, 6.45) is 0.250. The number of aryl methyl sites for hydroxylation is 7. The molecule has 0 saturated carbocycles. The van der Waals surface area contributed by atoms with Crippen LogP contribution in [0.4, 0.5) is 0 Å². The van der Waals surface area contributed by atoms with Gasteiger partial charge in [-0.3, -0.25) is 0 Å². The molecule has 0 bridgehead atoms. The Balaban J connectivity index is 0.000000157. The number of benzene rings is 4. The summed E-state index contributed by atoms with van der Waals surface area (Å²) in [4.78, 5) is 53.2. The lowest BCUT2D eigenvalue weighted by Crippen LogP contribution is -2.41. The first-order valence-electron chi connectivity index (χ1n) is 28.7. The lowest BCUT2D eigenvalue weighted by Gasteiger charge is -2.32. The fourth-order valence-corrected chi connectivity index (χ4v) is 35.6. The third kappa shape index (κ3) is 16.8. The van der Waals surface area contributed by atoms with E-state index in [1.807, 2.05) is 106 Å². The Kier molecular flexibility index (Phi) is 26.2. The Morgan fingerprint density at radius 1 is 0.577 bits per heavy atom. The zero-order valence-electron chi connectivity index (χ0n) is 54.1. The third-order valence-electron chi connectivity index (χ3n) is 15.4. The number of nitrogens with one attached hydrogen (secondary N) is 2. The number of ether oxygens (including phenoxy) is 7. The molecule has 10 aromatic rings. The number of fused-ring (bicyclic) bond motifs is 8. The van der Waals surface area contributed by atoms with E-state index >= 15 is 0 Å². The molecule has 2 N–H and O–H groups in total. The van der Waals surface area contributed by atoms with Gasteiger partial charge in [-0.1, -0.05) is 34.0 Å². The fourth-order valence-electron chi connectivity index (χ4n) is 10.6. The van der Waals surface area contributed by atoms with E-state index in [0.717, 1.165) is 123 Å². The van der Waals surface area contributed by atoms with E-state index < -0.39 is 24.3 Å². The van der Waals surface area contributed by atoms with Crippen molar-refractivity contribution >= 4 is 200 Å². The minimum Gasteiger partial charge on any atom is -0.496 e. The molecule has 22 nitrogen and oxygen atoms in total. The first-order valence-corrected chi connectivity index (χ1v) is 45.0. The van der Waals surface area contributed by atoms with E-state index in [2.05, 4.69) is 36.3 Å². The molecule has 3 aliphatic rings. The topological polar surface area (TPSA) is 269 Å². The van der Waals surface area contributed by atoms with E-state index in [4.69, 9.17) is 105 Å². The summed E-state index contributed by atoms with van der Waals surface area (Å²) in [6, 6.07) is 15.5. The van der Waals surface area contributed by atoms with Gasteiger partial charge in [0, 0.05) is 164 Å². The first kappa shape index (κ1) is 75.1. The number of carbonyl (C=O) groups excluding carboxylic acids is 3. The summed E-state index contributed by atoms with van der Waals surface area (Å²) in [7, 11) is 22.2. The van der Waals surface area contributed by atoms with Gasteiger partial charge >= 0.3 is 19.2 Å². The number of methoxy groups -OCH3 is 3. The molecule has 13 rings (SSSR count). The van der Waals surface area contributed by atoms with Gasteiger partial charge < -0.3 is 61.5 Å². The summed E-state index contributed by atoms with van der Waals surface area (Å²) in [5, 5.41) is 12.2. The molecular weight excluding hydrogens is 1520 g/mol. The molecule has 0 amide bonds. The van der Waals surface area contributed by atoms with Gasteiger partial charge in [0.25, 0.3) is 0 Å². The lowest BCUT2D eigenvalue weighted by molar-refractivity contribution is -0.191. The summed E-state index contributed by atoms with van der Waals surface area (Å²) in [6.45, 7) is 23.1. The van der Waals surface area contributed by atoms with Gasteiger partial charge in [-0.2, -0.15) is 9.59 Å². The van der Waals surface area contributed by atoms with Crippen LogP contribution in [0.2, 0.25) is 5.15 Å². The van der Waals surface area contributed by atoms with Crippen LogP contribution in [0.1, 0.15) is 78.2 Å².